The van der Waals surface area contributed by atoms with Crippen molar-refractivity contribution in [2.45, 2.75) is 0 Å². The van der Waals surface area contributed by atoms with Crippen molar-refractivity contribution in [1.29, 1.82) is 0 Å². The van der Waals surface area contributed by atoms with Crippen LogP contribution in [0, 0.1) is 0 Å². The summed E-state index contributed by atoms with van der Waals surface area (Å²) < 4.78 is 14.1. The molecule has 0 aromatic rings. The van der Waals surface area contributed by atoms with E-state index in [0.717, 1.165) is 0 Å². The van der Waals surface area contributed by atoms with E-state index in [1.807, 2.05) is 0 Å². The van der Waals surface area contributed by atoms with Gasteiger partial charge in [0.1, 0.15) is 0 Å². The normalized spacial score (nSPS) is 7.70. The molecule has 10 heavy (non-hydrogen) atoms. The van der Waals surface area contributed by atoms with Crippen LogP contribution in [0.5, 0.6) is 0 Å². The summed E-state index contributed by atoms with van der Waals surface area (Å²) >= 11 is 0. The van der Waals surface area contributed by atoms with E-state index in [1.165, 1.54) is 7.11 Å². The SMILES string of the molecule is C=C(NCB=O)C(=O)OC. The van der Waals surface area contributed by atoms with E-state index in [-0.39, 0.29) is 12.1 Å². The van der Waals surface area contributed by atoms with Crippen LogP contribution in [0.1, 0.15) is 0 Å². The van der Waals surface area contributed by atoms with Gasteiger partial charge in [-0.25, -0.2) is 0 Å². The number of methoxy groups -OCH3 is 1. The number of carbonyl (C=O) groups excluding carboxylic acids is 1. The maximum atomic E-state index is 10.5. The second-order valence-corrected chi connectivity index (χ2v) is 1.52. The van der Waals surface area contributed by atoms with E-state index in [0.29, 0.717) is 7.15 Å². The monoisotopic (exact) mass is 141 g/mol. The van der Waals surface area contributed by atoms with Gasteiger partial charge in [-0.05, 0) is 0 Å². The van der Waals surface area contributed by atoms with Crippen molar-refractivity contribution in [2.24, 2.45) is 0 Å². The van der Waals surface area contributed by atoms with Crippen molar-refractivity contribution in [1.82, 2.24) is 5.32 Å². The van der Waals surface area contributed by atoms with Crippen molar-refractivity contribution < 1.29 is 14.2 Å². The summed E-state index contributed by atoms with van der Waals surface area (Å²) in [7, 11) is 1.88. The Balaban J connectivity index is 3.62. The molecule has 0 fully saturated rings. The van der Waals surface area contributed by atoms with Gasteiger partial charge in [-0.3, -0.25) is 0 Å². The zero-order valence-corrected chi connectivity index (χ0v) is 5.72. The number of hydrogen-bond donors (Lipinski definition) is 1. The summed E-state index contributed by atoms with van der Waals surface area (Å²) in [6.45, 7) is 3.32. The third kappa shape index (κ3) is 3.01. The molecule has 0 atom stereocenters. The number of esters is 1. The fraction of sp³-hybridized carbons (Fsp3) is 0.400. The standard InChI is InChI=1S/C5H8BNO3/c1-4(5(8)10-2)7-3-6-9/h7H,1,3H2,2H3. The fourth-order valence-electron chi connectivity index (χ4n) is 0.360. The molecule has 0 aromatic heterocycles. The number of hydrogen-bond acceptors (Lipinski definition) is 4. The van der Waals surface area contributed by atoms with Gasteiger partial charge in [-0.1, -0.05) is 0 Å². The van der Waals surface area contributed by atoms with Crippen LogP contribution in [0.3, 0.4) is 0 Å². The van der Waals surface area contributed by atoms with Gasteiger partial charge in [0.15, 0.2) is 0 Å². The van der Waals surface area contributed by atoms with Crippen LogP contribution in [0.15, 0.2) is 12.3 Å². The van der Waals surface area contributed by atoms with Crippen molar-refractivity contribution in [3.05, 3.63) is 12.3 Å². The number of ether oxygens (including phenoxy) is 1. The molecule has 0 spiro atoms. The second-order valence-electron chi connectivity index (χ2n) is 1.52. The zero-order valence-electron chi connectivity index (χ0n) is 5.72. The van der Waals surface area contributed by atoms with Gasteiger partial charge < -0.3 is 0 Å². The Morgan fingerprint density at radius 1 is 1.80 bits per heavy atom. The Kier molecular flexibility index (Phi) is 4.19. The molecule has 0 aliphatic rings. The van der Waals surface area contributed by atoms with Crippen LogP contribution in [0.4, 0.5) is 0 Å². The molecule has 0 saturated carbocycles. The Bertz CT molecular complexity index is 157. The van der Waals surface area contributed by atoms with Crippen LogP contribution in [-0.2, 0) is 14.2 Å². The van der Waals surface area contributed by atoms with E-state index < -0.39 is 5.97 Å². The van der Waals surface area contributed by atoms with E-state index in [4.69, 9.17) is 0 Å². The Morgan fingerprint density at radius 2 is 2.40 bits per heavy atom. The molecular weight excluding hydrogens is 133 g/mol. The predicted octanol–water partition coefficient (Wildman–Crippen LogP) is -0.730. The minimum atomic E-state index is -0.554. The van der Waals surface area contributed by atoms with Gasteiger partial charge in [0, 0.05) is 0 Å². The molecule has 0 heterocycles. The van der Waals surface area contributed by atoms with Crippen LogP contribution in [0.25, 0.3) is 0 Å². The third-order valence-corrected chi connectivity index (χ3v) is 0.831. The maximum absolute atomic E-state index is 10.5. The van der Waals surface area contributed by atoms with Crippen LogP contribution >= 0.6 is 0 Å². The van der Waals surface area contributed by atoms with Gasteiger partial charge in [0.2, 0.25) is 0 Å². The first kappa shape index (κ1) is 8.87. The molecule has 5 heteroatoms. The summed E-state index contributed by atoms with van der Waals surface area (Å²) in [4.78, 5) is 10.5. The van der Waals surface area contributed by atoms with Crippen LogP contribution < -0.4 is 5.32 Å². The Hall–Kier alpha value is -1.13. The van der Waals surface area contributed by atoms with Crippen molar-refractivity contribution in [3.63, 3.8) is 0 Å². The van der Waals surface area contributed by atoms with Gasteiger partial charge in [-0.2, -0.15) is 0 Å². The molecular formula is C5H8BNO3. The third-order valence-electron chi connectivity index (χ3n) is 0.831. The summed E-state index contributed by atoms with van der Waals surface area (Å²) in [6.07, 6.45) is 0.0773. The Morgan fingerprint density at radius 3 is 2.80 bits per heavy atom. The first-order valence-corrected chi connectivity index (χ1v) is 2.67. The van der Waals surface area contributed by atoms with Gasteiger partial charge in [-0.15, -0.1) is 0 Å². The topological polar surface area (TPSA) is 55.4 Å². The average molecular weight is 141 g/mol. The van der Waals surface area contributed by atoms with E-state index >= 15 is 0 Å². The molecule has 0 amide bonds. The molecule has 0 radical (unpaired) electrons. The number of nitrogens with one attached hydrogen (secondary N) is 1. The van der Waals surface area contributed by atoms with Crippen LogP contribution in [-0.4, -0.2) is 26.7 Å². The molecule has 0 rings (SSSR count). The van der Waals surface area contributed by atoms with E-state index in [9.17, 15) is 9.50 Å². The van der Waals surface area contributed by atoms with Crippen molar-refractivity contribution in [3.8, 4) is 0 Å². The fourth-order valence-corrected chi connectivity index (χ4v) is 0.360. The summed E-state index contributed by atoms with van der Waals surface area (Å²) in [5.74, 6) is -0.554. The van der Waals surface area contributed by atoms with E-state index in [2.05, 4.69) is 16.6 Å². The molecule has 54 valence electrons. The Labute approximate surface area is 59.5 Å². The van der Waals surface area contributed by atoms with Crippen molar-refractivity contribution >= 4 is 13.1 Å². The van der Waals surface area contributed by atoms with Gasteiger partial charge >= 0.3 is 58.5 Å². The molecule has 1 N–H and O–H groups in total. The van der Waals surface area contributed by atoms with Gasteiger partial charge in [0.25, 0.3) is 0 Å². The first-order valence-electron chi connectivity index (χ1n) is 2.67. The quantitative estimate of drug-likeness (QED) is 0.318. The van der Waals surface area contributed by atoms with Gasteiger partial charge in [0.05, 0.1) is 0 Å². The molecule has 4 nitrogen and oxygen atoms in total. The average Bonchev–Trinajstić information content (AvgIpc) is 1.98. The summed E-state index contributed by atoms with van der Waals surface area (Å²) in [6, 6.07) is 0. The summed E-state index contributed by atoms with van der Waals surface area (Å²) in [5, 5.41) is 2.45. The predicted molar refractivity (Wildman–Crippen MR) is 35.6 cm³/mol. The first-order chi connectivity index (χ1) is 4.72. The molecule has 0 unspecified atom stereocenters. The molecule has 0 bridgehead atoms. The van der Waals surface area contributed by atoms with Crippen LogP contribution in [0.2, 0.25) is 0 Å². The zero-order chi connectivity index (χ0) is 7.98. The minimum absolute atomic E-state index is 0.0773. The number of carbonyl (C=O) groups is 1. The molecule has 0 aliphatic carbocycles. The number of rotatable bonds is 4. The summed E-state index contributed by atoms with van der Waals surface area (Å²) in [5.41, 5.74) is 0.0922. The molecule has 0 aromatic carbocycles. The molecule has 0 aliphatic heterocycles. The molecule has 0 saturated heterocycles. The second kappa shape index (κ2) is 4.73. The van der Waals surface area contributed by atoms with Crippen molar-refractivity contribution in [2.75, 3.05) is 13.6 Å². The van der Waals surface area contributed by atoms with E-state index in [1.54, 1.807) is 0 Å².